The molecule has 106 valence electrons. The number of nitrogens with zero attached hydrogens (tertiary/aromatic N) is 3. The van der Waals surface area contributed by atoms with Crippen molar-refractivity contribution in [3.8, 4) is 0 Å². The third-order valence-electron chi connectivity index (χ3n) is 2.58. The average molecular weight is 264 g/mol. The number of anilines is 1. The van der Waals surface area contributed by atoms with Crippen LogP contribution < -0.4 is 5.32 Å². The van der Waals surface area contributed by atoms with E-state index in [0.29, 0.717) is 17.6 Å². The van der Waals surface area contributed by atoms with Crippen LogP contribution in [0.2, 0.25) is 0 Å². The van der Waals surface area contributed by atoms with Gasteiger partial charge in [-0.15, -0.1) is 0 Å². The van der Waals surface area contributed by atoms with E-state index in [1.165, 1.54) is 0 Å². The summed E-state index contributed by atoms with van der Waals surface area (Å²) in [5, 5.41) is 3.15. The predicted molar refractivity (Wildman–Crippen MR) is 77.3 cm³/mol. The second-order valence-electron chi connectivity index (χ2n) is 4.88. The first-order valence-corrected chi connectivity index (χ1v) is 6.96. The van der Waals surface area contributed by atoms with Crippen LogP contribution in [0.4, 0.5) is 5.82 Å². The molecule has 0 saturated heterocycles. The summed E-state index contributed by atoms with van der Waals surface area (Å²) in [5.74, 6) is 0.663. The van der Waals surface area contributed by atoms with Gasteiger partial charge in [0.15, 0.2) is 0 Å². The Labute approximate surface area is 115 Å². The normalized spacial score (nSPS) is 10.6. The Morgan fingerprint density at radius 2 is 1.84 bits per heavy atom. The van der Waals surface area contributed by atoms with Gasteiger partial charge in [0.2, 0.25) is 0 Å². The van der Waals surface area contributed by atoms with E-state index < -0.39 is 0 Å². The highest BCUT2D eigenvalue weighted by atomic mass is 16.2. The van der Waals surface area contributed by atoms with Gasteiger partial charge in [-0.3, -0.25) is 4.79 Å². The fourth-order valence-corrected chi connectivity index (χ4v) is 1.83. The fraction of sp³-hybridized carbons (Fsp3) is 0.643. The summed E-state index contributed by atoms with van der Waals surface area (Å²) in [6.07, 6.45) is 5.06. The van der Waals surface area contributed by atoms with Crippen molar-refractivity contribution in [1.82, 2.24) is 14.9 Å². The number of hydrogen-bond donors (Lipinski definition) is 1. The summed E-state index contributed by atoms with van der Waals surface area (Å²) < 4.78 is 0. The lowest BCUT2D eigenvalue weighted by Crippen LogP contribution is -2.33. The molecule has 19 heavy (non-hydrogen) atoms. The van der Waals surface area contributed by atoms with Crippen LogP contribution in [0.1, 0.15) is 51.0 Å². The van der Waals surface area contributed by atoms with Crippen LogP contribution in [0.5, 0.6) is 0 Å². The Morgan fingerprint density at radius 1 is 1.21 bits per heavy atom. The van der Waals surface area contributed by atoms with Crippen molar-refractivity contribution < 1.29 is 4.79 Å². The lowest BCUT2D eigenvalue weighted by Gasteiger charge is -2.20. The van der Waals surface area contributed by atoms with Crippen LogP contribution >= 0.6 is 0 Å². The summed E-state index contributed by atoms with van der Waals surface area (Å²) in [6.45, 7) is 9.73. The van der Waals surface area contributed by atoms with E-state index >= 15 is 0 Å². The van der Waals surface area contributed by atoms with Crippen molar-refractivity contribution in [1.29, 1.82) is 0 Å². The van der Waals surface area contributed by atoms with Gasteiger partial charge in [-0.25, -0.2) is 9.97 Å². The molecule has 0 bridgehead atoms. The number of nitrogens with one attached hydrogen (secondary N) is 1. The maximum absolute atomic E-state index is 12.3. The summed E-state index contributed by atoms with van der Waals surface area (Å²) in [4.78, 5) is 22.5. The average Bonchev–Trinajstić information content (AvgIpc) is 2.38. The van der Waals surface area contributed by atoms with Crippen molar-refractivity contribution in [3.63, 3.8) is 0 Å². The van der Waals surface area contributed by atoms with Gasteiger partial charge in [0, 0.05) is 19.1 Å². The van der Waals surface area contributed by atoms with Gasteiger partial charge >= 0.3 is 0 Å². The topological polar surface area (TPSA) is 58.1 Å². The molecular weight excluding hydrogens is 240 g/mol. The Balaban J connectivity index is 2.75. The van der Waals surface area contributed by atoms with Gasteiger partial charge in [0.1, 0.15) is 11.5 Å². The second-order valence-corrected chi connectivity index (χ2v) is 4.88. The molecule has 0 aliphatic heterocycles. The van der Waals surface area contributed by atoms with Crippen LogP contribution in [-0.2, 0) is 0 Å². The monoisotopic (exact) mass is 264 g/mol. The highest BCUT2D eigenvalue weighted by molar-refractivity contribution is 5.92. The molecule has 0 aromatic carbocycles. The van der Waals surface area contributed by atoms with Crippen LogP contribution in [0, 0.1) is 0 Å². The largest absolute Gasteiger partial charge is 0.367 e. The van der Waals surface area contributed by atoms with E-state index in [2.05, 4.69) is 29.1 Å². The molecule has 0 saturated carbocycles. The number of carbonyl (C=O) groups is 1. The number of hydrogen-bond acceptors (Lipinski definition) is 4. The molecule has 5 heteroatoms. The predicted octanol–water partition coefficient (Wildman–Crippen LogP) is 2.56. The summed E-state index contributed by atoms with van der Waals surface area (Å²) in [5.41, 5.74) is 0.413. The molecular formula is C14H24N4O. The second kappa shape index (κ2) is 7.71. The molecule has 0 atom stereocenters. The third-order valence-corrected chi connectivity index (χ3v) is 2.58. The molecule has 0 aliphatic rings. The number of amides is 1. The minimum Gasteiger partial charge on any atom is -0.367 e. The molecule has 0 fully saturated rings. The minimum absolute atomic E-state index is 0.0349. The standard InChI is InChI=1S/C14H24N4O/c1-5-7-18(8-6-2)14(19)12-9-16-13(10-15-12)17-11(3)4/h9-11H,5-8H2,1-4H3,(H,16,17). The van der Waals surface area contributed by atoms with Crippen molar-refractivity contribution in [2.45, 2.75) is 46.6 Å². The molecule has 1 heterocycles. The Hall–Kier alpha value is -1.65. The first-order chi connectivity index (χ1) is 9.08. The van der Waals surface area contributed by atoms with Crippen LogP contribution in [0.15, 0.2) is 12.4 Å². The molecule has 0 spiro atoms. The molecule has 0 unspecified atom stereocenters. The van der Waals surface area contributed by atoms with E-state index in [0.717, 1.165) is 25.9 Å². The Bertz CT molecular complexity index is 383. The van der Waals surface area contributed by atoms with E-state index in [4.69, 9.17) is 0 Å². The van der Waals surface area contributed by atoms with E-state index in [1.807, 2.05) is 18.7 Å². The molecule has 5 nitrogen and oxygen atoms in total. The minimum atomic E-state index is -0.0349. The van der Waals surface area contributed by atoms with Gasteiger partial charge in [-0.2, -0.15) is 0 Å². The van der Waals surface area contributed by atoms with Gasteiger partial charge < -0.3 is 10.2 Å². The van der Waals surface area contributed by atoms with Gasteiger partial charge in [-0.1, -0.05) is 13.8 Å². The molecule has 0 aliphatic carbocycles. The zero-order valence-electron chi connectivity index (χ0n) is 12.3. The molecule has 1 aromatic heterocycles. The lowest BCUT2D eigenvalue weighted by atomic mass is 10.3. The zero-order chi connectivity index (χ0) is 14.3. The number of rotatable bonds is 7. The van der Waals surface area contributed by atoms with Gasteiger partial charge in [0.05, 0.1) is 12.4 Å². The lowest BCUT2D eigenvalue weighted by molar-refractivity contribution is 0.0749. The van der Waals surface area contributed by atoms with Crippen molar-refractivity contribution in [2.75, 3.05) is 18.4 Å². The first-order valence-electron chi connectivity index (χ1n) is 6.96. The highest BCUT2D eigenvalue weighted by Gasteiger charge is 2.15. The van der Waals surface area contributed by atoms with Crippen molar-refractivity contribution in [2.24, 2.45) is 0 Å². The smallest absolute Gasteiger partial charge is 0.274 e. The first kappa shape index (κ1) is 15.4. The van der Waals surface area contributed by atoms with Crippen molar-refractivity contribution in [3.05, 3.63) is 18.1 Å². The summed E-state index contributed by atoms with van der Waals surface area (Å²) >= 11 is 0. The van der Waals surface area contributed by atoms with Crippen molar-refractivity contribution >= 4 is 11.7 Å². The third kappa shape index (κ3) is 4.85. The number of carbonyl (C=O) groups excluding carboxylic acids is 1. The maximum atomic E-state index is 12.3. The van der Waals surface area contributed by atoms with Crippen LogP contribution in [0.3, 0.4) is 0 Å². The summed E-state index contributed by atoms with van der Waals surface area (Å²) in [6, 6.07) is 0.299. The SMILES string of the molecule is CCCN(CCC)C(=O)c1cnc(NC(C)C)cn1. The van der Waals surface area contributed by atoms with E-state index in [-0.39, 0.29) is 5.91 Å². The van der Waals surface area contributed by atoms with Crippen LogP contribution in [0.25, 0.3) is 0 Å². The molecule has 1 aromatic rings. The molecule has 1 N–H and O–H groups in total. The maximum Gasteiger partial charge on any atom is 0.274 e. The molecule has 1 rings (SSSR count). The number of aromatic nitrogens is 2. The van der Waals surface area contributed by atoms with Gasteiger partial charge in [-0.05, 0) is 26.7 Å². The highest BCUT2D eigenvalue weighted by Crippen LogP contribution is 2.06. The Morgan fingerprint density at radius 3 is 2.26 bits per heavy atom. The zero-order valence-corrected chi connectivity index (χ0v) is 12.3. The van der Waals surface area contributed by atoms with Crippen LogP contribution in [-0.4, -0.2) is 39.9 Å². The van der Waals surface area contributed by atoms with Gasteiger partial charge in [0.25, 0.3) is 5.91 Å². The van der Waals surface area contributed by atoms with E-state index in [9.17, 15) is 4.79 Å². The molecule has 0 radical (unpaired) electrons. The Kier molecular flexibility index (Phi) is 6.25. The summed E-state index contributed by atoms with van der Waals surface area (Å²) in [7, 11) is 0. The van der Waals surface area contributed by atoms with E-state index in [1.54, 1.807) is 12.4 Å². The quantitative estimate of drug-likeness (QED) is 0.822. The fourth-order valence-electron chi connectivity index (χ4n) is 1.83. The molecule has 1 amide bonds.